The van der Waals surface area contributed by atoms with Crippen molar-refractivity contribution in [3.8, 4) is 11.8 Å². The van der Waals surface area contributed by atoms with Crippen LogP contribution < -0.4 is 10.5 Å². The second-order valence-corrected chi connectivity index (χ2v) is 5.81. The molecule has 0 saturated carbocycles. The van der Waals surface area contributed by atoms with Crippen molar-refractivity contribution in [2.75, 3.05) is 12.3 Å². The molecule has 0 aliphatic carbocycles. The van der Waals surface area contributed by atoms with E-state index in [0.717, 1.165) is 5.56 Å². The Labute approximate surface area is 126 Å². The number of anilines is 1. The molecule has 4 nitrogen and oxygen atoms in total. The van der Waals surface area contributed by atoms with Crippen LogP contribution in [0.1, 0.15) is 18.1 Å². The summed E-state index contributed by atoms with van der Waals surface area (Å²) < 4.78 is 17.9. The fourth-order valence-electron chi connectivity index (χ4n) is 1.94. The van der Waals surface area contributed by atoms with Crippen LogP contribution in [0.4, 0.5) is 5.69 Å². The van der Waals surface area contributed by atoms with Crippen LogP contribution in [-0.4, -0.2) is 10.8 Å². The lowest BCUT2D eigenvalue weighted by molar-refractivity contribution is 0.339. The molecule has 2 rings (SSSR count). The second-order valence-electron chi connectivity index (χ2n) is 4.39. The Morgan fingerprint density at radius 2 is 2.05 bits per heavy atom. The van der Waals surface area contributed by atoms with Gasteiger partial charge in [0.15, 0.2) is 0 Å². The molecule has 0 fully saturated rings. The van der Waals surface area contributed by atoms with Gasteiger partial charge >= 0.3 is 0 Å². The van der Waals surface area contributed by atoms with Crippen molar-refractivity contribution < 1.29 is 8.95 Å². The highest BCUT2D eigenvalue weighted by Crippen LogP contribution is 2.25. The van der Waals surface area contributed by atoms with E-state index in [-0.39, 0.29) is 5.75 Å². The summed E-state index contributed by atoms with van der Waals surface area (Å²) in [4.78, 5) is 0.536. The summed E-state index contributed by atoms with van der Waals surface area (Å²) in [5.41, 5.74) is 7.64. The highest BCUT2D eigenvalue weighted by atomic mass is 32.2. The van der Waals surface area contributed by atoms with E-state index in [4.69, 9.17) is 15.7 Å². The number of ether oxygens (including phenoxy) is 1. The van der Waals surface area contributed by atoms with Gasteiger partial charge in [0.2, 0.25) is 0 Å². The first kappa shape index (κ1) is 15.1. The first-order valence-electron chi connectivity index (χ1n) is 6.54. The van der Waals surface area contributed by atoms with E-state index >= 15 is 0 Å². The van der Waals surface area contributed by atoms with Crippen molar-refractivity contribution in [3.05, 3.63) is 53.6 Å². The number of nitrogens with zero attached hydrogens (tertiary/aromatic N) is 1. The fourth-order valence-corrected chi connectivity index (χ4v) is 3.21. The maximum absolute atomic E-state index is 12.5. The predicted molar refractivity (Wildman–Crippen MR) is 83.3 cm³/mol. The monoisotopic (exact) mass is 300 g/mol. The largest absolute Gasteiger partial charge is 0.494 e. The third-order valence-corrected chi connectivity index (χ3v) is 4.38. The normalized spacial score (nSPS) is 11.6. The Hall–Kier alpha value is -2.32. The Kier molecular flexibility index (Phi) is 4.96. The second kappa shape index (κ2) is 6.91. The minimum atomic E-state index is -1.33. The van der Waals surface area contributed by atoms with E-state index in [0.29, 0.717) is 28.5 Å². The topological polar surface area (TPSA) is 76.1 Å². The number of hydrogen-bond acceptors (Lipinski definition) is 4. The van der Waals surface area contributed by atoms with Crippen LogP contribution in [0.3, 0.4) is 0 Å². The van der Waals surface area contributed by atoms with E-state index in [1.54, 1.807) is 36.4 Å². The fraction of sp³-hybridized carbons (Fsp3) is 0.188. The summed E-state index contributed by atoms with van der Waals surface area (Å²) in [6.07, 6.45) is 0. The van der Waals surface area contributed by atoms with E-state index in [9.17, 15) is 4.21 Å². The Balaban J connectivity index is 2.28. The summed E-state index contributed by atoms with van der Waals surface area (Å²) in [6, 6.07) is 14.4. The molecule has 1 unspecified atom stereocenters. The Morgan fingerprint density at radius 3 is 2.76 bits per heavy atom. The maximum atomic E-state index is 12.5. The molecule has 0 amide bonds. The van der Waals surface area contributed by atoms with Gasteiger partial charge in [-0.1, -0.05) is 18.2 Å². The minimum absolute atomic E-state index is 0.253. The number of rotatable bonds is 5. The summed E-state index contributed by atoms with van der Waals surface area (Å²) >= 11 is 0. The number of benzene rings is 2. The molecule has 0 spiro atoms. The van der Waals surface area contributed by atoms with Gasteiger partial charge in [-0.2, -0.15) is 5.26 Å². The van der Waals surface area contributed by atoms with E-state index in [2.05, 4.69) is 6.07 Å². The molecule has 2 N–H and O–H groups in total. The average Bonchev–Trinajstić information content (AvgIpc) is 2.50. The molecule has 2 aromatic carbocycles. The van der Waals surface area contributed by atoms with Gasteiger partial charge in [-0.05, 0) is 36.8 Å². The zero-order valence-electron chi connectivity index (χ0n) is 11.7. The average molecular weight is 300 g/mol. The Morgan fingerprint density at radius 1 is 1.29 bits per heavy atom. The lowest BCUT2D eigenvalue weighted by Gasteiger charge is -2.10. The molecular formula is C16H16N2O2S. The quantitative estimate of drug-likeness (QED) is 0.861. The first-order valence-corrected chi connectivity index (χ1v) is 7.86. The van der Waals surface area contributed by atoms with Crippen molar-refractivity contribution in [3.63, 3.8) is 0 Å². The molecule has 21 heavy (non-hydrogen) atoms. The van der Waals surface area contributed by atoms with Gasteiger partial charge in [0.05, 0.1) is 39.7 Å². The molecule has 0 heterocycles. The van der Waals surface area contributed by atoms with Crippen molar-refractivity contribution in [1.29, 1.82) is 5.26 Å². The first-order chi connectivity index (χ1) is 10.2. The minimum Gasteiger partial charge on any atom is -0.494 e. The van der Waals surface area contributed by atoms with Crippen LogP contribution in [0.25, 0.3) is 0 Å². The van der Waals surface area contributed by atoms with Gasteiger partial charge in [0.25, 0.3) is 0 Å². The predicted octanol–water partition coefficient (Wildman–Crippen LogP) is 2.85. The zero-order valence-corrected chi connectivity index (χ0v) is 12.5. The van der Waals surface area contributed by atoms with Crippen molar-refractivity contribution in [2.24, 2.45) is 0 Å². The third kappa shape index (κ3) is 3.61. The van der Waals surface area contributed by atoms with Gasteiger partial charge in [0, 0.05) is 5.69 Å². The molecule has 5 heteroatoms. The molecule has 108 valence electrons. The van der Waals surface area contributed by atoms with Crippen molar-refractivity contribution >= 4 is 16.5 Å². The summed E-state index contributed by atoms with van der Waals surface area (Å²) in [7, 11) is -1.33. The summed E-state index contributed by atoms with van der Waals surface area (Å²) in [5, 5.41) is 9.08. The highest BCUT2D eigenvalue weighted by molar-refractivity contribution is 7.84. The highest BCUT2D eigenvalue weighted by Gasteiger charge is 2.12. The SMILES string of the molecule is CCOc1ccc(N)c(S(=O)Cc2ccccc2C#N)c1. The van der Waals surface area contributed by atoms with Crippen LogP contribution in [-0.2, 0) is 16.6 Å². The number of nitrogen functional groups attached to an aromatic ring is 1. The van der Waals surface area contributed by atoms with Gasteiger partial charge < -0.3 is 10.5 Å². The molecule has 2 aromatic rings. The van der Waals surface area contributed by atoms with E-state index in [1.165, 1.54) is 0 Å². The van der Waals surface area contributed by atoms with E-state index in [1.807, 2.05) is 13.0 Å². The van der Waals surface area contributed by atoms with Crippen LogP contribution in [0.15, 0.2) is 47.4 Å². The number of nitrogens with two attached hydrogens (primary N) is 1. The molecule has 0 aliphatic rings. The third-order valence-electron chi connectivity index (χ3n) is 2.97. The molecule has 0 aromatic heterocycles. The van der Waals surface area contributed by atoms with Crippen molar-refractivity contribution in [2.45, 2.75) is 17.6 Å². The van der Waals surface area contributed by atoms with Gasteiger partial charge in [-0.3, -0.25) is 4.21 Å². The summed E-state index contributed by atoms with van der Waals surface area (Å²) in [6.45, 7) is 2.42. The van der Waals surface area contributed by atoms with Crippen LogP contribution in [0, 0.1) is 11.3 Å². The maximum Gasteiger partial charge on any atom is 0.120 e. The Bertz CT molecular complexity index is 708. The number of hydrogen-bond donors (Lipinski definition) is 1. The lowest BCUT2D eigenvalue weighted by atomic mass is 10.1. The van der Waals surface area contributed by atoms with Gasteiger partial charge in [-0.15, -0.1) is 0 Å². The van der Waals surface area contributed by atoms with Gasteiger partial charge in [-0.25, -0.2) is 0 Å². The van der Waals surface area contributed by atoms with Crippen molar-refractivity contribution in [1.82, 2.24) is 0 Å². The molecule has 1 atom stereocenters. The standard InChI is InChI=1S/C16H16N2O2S/c1-2-20-14-7-8-15(18)16(9-14)21(19)11-13-6-4-3-5-12(13)10-17/h3-9H,2,11,18H2,1H3. The molecular weight excluding hydrogens is 284 g/mol. The van der Waals surface area contributed by atoms with Crippen LogP contribution in [0.5, 0.6) is 5.75 Å². The van der Waals surface area contributed by atoms with Gasteiger partial charge in [0.1, 0.15) is 5.75 Å². The zero-order chi connectivity index (χ0) is 15.2. The molecule has 0 saturated heterocycles. The lowest BCUT2D eigenvalue weighted by Crippen LogP contribution is -2.03. The van der Waals surface area contributed by atoms with Crippen LogP contribution >= 0.6 is 0 Å². The van der Waals surface area contributed by atoms with Crippen LogP contribution in [0.2, 0.25) is 0 Å². The molecule has 0 bridgehead atoms. The smallest absolute Gasteiger partial charge is 0.120 e. The molecule has 0 aliphatic heterocycles. The summed E-state index contributed by atoms with van der Waals surface area (Å²) in [5.74, 6) is 0.896. The number of nitriles is 1. The van der Waals surface area contributed by atoms with E-state index < -0.39 is 10.8 Å². The molecule has 0 radical (unpaired) electrons.